The van der Waals surface area contributed by atoms with Crippen LogP contribution in [-0.4, -0.2) is 16.1 Å². The molecular formula is C14H9NO2S. The number of carbonyl (C=O) groups is 1. The van der Waals surface area contributed by atoms with Crippen molar-refractivity contribution in [2.45, 2.75) is 0 Å². The van der Waals surface area contributed by atoms with Crippen LogP contribution < -0.4 is 0 Å². The van der Waals surface area contributed by atoms with Gasteiger partial charge < -0.3 is 5.11 Å². The van der Waals surface area contributed by atoms with Crippen molar-refractivity contribution in [3.05, 3.63) is 53.5 Å². The summed E-state index contributed by atoms with van der Waals surface area (Å²) in [5.41, 5.74) is 1.49. The molecule has 4 heteroatoms. The molecule has 0 amide bonds. The lowest BCUT2D eigenvalue weighted by molar-refractivity contribution is 0.0692. The third-order valence-corrected chi connectivity index (χ3v) is 3.62. The Labute approximate surface area is 107 Å². The van der Waals surface area contributed by atoms with Crippen LogP contribution in [0.5, 0.6) is 0 Å². The zero-order chi connectivity index (χ0) is 12.5. The van der Waals surface area contributed by atoms with Crippen LogP contribution in [0.15, 0.2) is 47.8 Å². The largest absolute Gasteiger partial charge is 0.476 e. The van der Waals surface area contributed by atoms with Gasteiger partial charge in [-0.15, -0.1) is 11.3 Å². The van der Waals surface area contributed by atoms with Crippen molar-refractivity contribution in [2.75, 3.05) is 0 Å². The highest BCUT2D eigenvalue weighted by Gasteiger charge is 2.15. The van der Waals surface area contributed by atoms with Crippen LogP contribution in [0.2, 0.25) is 0 Å². The Bertz CT molecular complexity index is 720. The van der Waals surface area contributed by atoms with Crippen molar-refractivity contribution in [3.63, 3.8) is 0 Å². The van der Waals surface area contributed by atoms with E-state index in [1.807, 2.05) is 47.8 Å². The quantitative estimate of drug-likeness (QED) is 0.760. The number of hydrogen-bond donors (Lipinski definition) is 1. The molecule has 88 valence electrons. The van der Waals surface area contributed by atoms with Gasteiger partial charge in [-0.3, -0.25) is 0 Å². The van der Waals surface area contributed by atoms with Gasteiger partial charge in [0, 0.05) is 15.8 Å². The fourth-order valence-electron chi connectivity index (χ4n) is 1.90. The summed E-state index contributed by atoms with van der Waals surface area (Å²) < 4.78 is 0. The number of carboxylic acids is 1. The first-order valence-electron chi connectivity index (χ1n) is 5.42. The Morgan fingerprint density at radius 1 is 1.17 bits per heavy atom. The van der Waals surface area contributed by atoms with Crippen molar-refractivity contribution in [1.29, 1.82) is 0 Å². The summed E-state index contributed by atoms with van der Waals surface area (Å²) in [5.74, 6) is -0.996. The second-order valence-corrected chi connectivity index (χ2v) is 4.81. The maximum Gasteiger partial charge on any atom is 0.355 e. The lowest BCUT2D eigenvalue weighted by Crippen LogP contribution is -2.03. The molecule has 0 atom stereocenters. The third kappa shape index (κ3) is 1.76. The highest BCUT2D eigenvalue weighted by atomic mass is 32.1. The summed E-state index contributed by atoms with van der Waals surface area (Å²) in [6.07, 6.45) is 0. The fraction of sp³-hybridized carbons (Fsp3) is 0. The highest BCUT2D eigenvalue weighted by molar-refractivity contribution is 7.13. The third-order valence-electron chi connectivity index (χ3n) is 2.71. The van der Waals surface area contributed by atoms with Crippen molar-refractivity contribution < 1.29 is 9.90 Å². The molecule has 0 radical (unpaired) electrons. The van der Waals surface area contributed by atoms with Gasteiger partial charge in [0.1, 0.15) is 0 Å². The topological polar surface area (TPSA) is 50.2 Å². The summed E-state index contributed by atoms with van der Waals surface area (Å²) in [7, 11) is 0. The number of aromatic carboxylic acids is 1. The number of fused-ring (bicyclic) bond motifs is 1. The maximum absolute atomic E-state index is 11.3. The molecule has 0 aliphatic carbocycles. The van der Waals surface area contributed by atoms with Gasteiger partial charge in [-0.05, 0) is 23.6 Å². The van der Waals surface area contributed by atoms with E-state index in [9.17, 15) is 9.90 Å². The Balaban J connectivity index is 2.34. The molecule has 2 aromatic heterocycles. The minimum Gasteiger partial charge on any atom is -0.476 e. The van der Waals surface area contributed by atoms with Gasteiger partial charge in [0.15, 0.2) is 5.69 Å². The van der Waals surface area contributed by atoms with Crippen LogP contribution in [0.3, 0.4) is 0 Å². The Hall–Kier alpha value is -2.20. The van der Waals surface area contributed by atoms with Crippen LogP contribution in [0.25, 0.3) is 21.3 Å². The summed E-state index contributed by atoms with van der Waals surface area (Å²) in [5, 5.41) is 12.1. The minimum atomic E-state index is -0.996. The number of aromatic nitrogens is 1. The molecular weight excluding hydrogens is 246 g/mol. The number of carboxylic acid groups (broad SMARTS) is 1. The van der Waals surface area contributed by atoms with Gasteiger partial charge in [0.05, 0.1) is 5.52 Å². The Morgan fingerprint density at radius 2 is 2.00 bits per heavy atom. The molecule has 0 saturated carbocycles. The monoisotopic (exact) mass is 255 g/mol. The first-order valence-corrected chi connectivity index (χ1v) is 6.30. The van der Waals surface area contributed by atoms with Crippen LogP contribution in [-0.2, 0) is 0 Å². The number of para-hydroxylation sites is 1. The molecule has 0 bridgehead atoms. The standard InChI is InChI=1S/C14H9NO2S/c16-14(17)13-10(12-6-3-7-18-12)8-9-4-1-2-5-11(9)15-13/h1-8H,(H,16,17). The number of rotatable bonds is 2. The van der Waals surface area contributed by atoms with Crippen molar-refractivity contribution >= 4 is 28.2 Å². The number of hydrogen-bond acceptors (Lipinski definition) is 3. The average molecular weight is 255 g/mol. The number of benzene rings is 1. The van der Waals surface area contributed by atoms with E-state index in [0.717, 1.165) is 10.3 Å². The van der Waals surface area contributed by atoms with E-state index in [-0.39, 0.29) is 5.69 Å². The minimum absolute atomic E-state index is 0.108. The van der Waals surface area contributed by atoms with Gasteiger partial charge in [0.2, 0.25) is 0 Å². The lowest BCUT2D eigenvalue weighted by atomic mass is 10.1. The van der Waals surface area contributed by atoms with Gasteiger partial charge >= 0.3 is 5.97 Å². The average Bonchev–Trinajstić information content (AvgIpc) is 2.91. The number of nitrogens with zero attached hydrogens (tertiary/aromatic N) is 1. The molecule has 1 aromatic carbocycles. The van der Waals surface area contributed by atoms with E-state index in [0.29, 0.717) is 11.1 Å². The van der Waals surface area contributed by atoms with Gasteiger partial charge in [-0.2, -0.15) is 0 Å². The van der Waals surface area contributed by atoms with Crippen LogP contribution in [0, 0.1) is 0 Å². The van der Waals surface area contributed by atoms with Crippen LogP contribution in [0.1, 0.15) is 10.5 Å². The van der Waals surface area contributed by atoms with E-state index < -0.39 is 5.97 Å². The molecule has 0 saturated heterocycles. The van der Waals surface area contributed by atoms with E-state index in [1.165, 1.54) is 11.3 Å². The lowest BCUT2D eigenvalue weighted by Gasteiger charge is -2.05. The van der Waals surface area contributed by atoms with E-state index in [1.54, 1.807) is 0 Å². The van der Waals surface area contributed by atoms with Gasteiger partial charge in [-0.1, -0.05) is 24.3 Å². The molecule has 3 rings (SSSR count). The number of pyridine rings is 1. The summed E-state index contributed by atoms with van der Waals surface area (Å²) in [6, 6.07) is 13.2. The second kappa shape index (κ2) is 4.23. The molecule has 18 heavy (non-hydrogen) atoms. The smallest absolute Gasteiger partial charge is 0.355 e. The first kappa shape index (κ1) is 10.9. The maximum atomic E-state index is 11.3. The SMILES string of the molecule is O=C(O)c1nc2ccccc2cc1-c1cccs1. The summed E-state index contributed by atoms with van der Waals surface area (Å²) in [6.45, 7) is 0. The van der Waals surface area contributed by atoms with Crippen molar-refractivity contribution in [1.82, 2.24) is 4.98 Å². The van der Waals surface area contributed by atoms with Gasteiger partial charge in [-0.25, -0.2) is 9.78 Å². The van der Waals surface area contributed by atoms with Crippen molar-refractivity contribution in [3.8, 4) is 10.4 Å². The molecule has 0 aliphatic rings. The van der Waals surface area contributed by atoms with Crippen molar-refractivity contribution in [2.24, 2.45) is 0 Å². The van der Waals surface area contributed by atoms with E-state index in [4.69, 9.17) is 0 Å². The van der Waals surface area contributed by atoms with E-state index in [2.05, 4.69) is 4.98 Å². The first-order chi connectivity index (χ1) is 8.75. The zero-order valence-electron chi connectivity index (χ0n) is 9.33. The predicted octanol–water partition coefficient (Wildman–Crippen LogP) is 3.66. The van der Waals surface area contributed by atoms with Gasteiger partial charge in [0.25, 0.3) is 0 Å². The van der Waals surface area contributed by atoms with Crippen LogP contribution >= 0.6 is 11.3 Å². The van der Waals surface area contributed by atoms with E-state index >= 15 is 0 Å². The summed E-state index contributed by atoms with van der Waals surface area (Å²) >= 11 is 1.51. The number of thiophene rings is 1. The Kier molecular flexibility index (Phi) is 2.57. The molecule has 1 N–H and O–H groups in total. The molecule has 2 heterocycles. The van der Waals surface area contributed by atoms with Crippen LogP contribution in [0.4, 0.5) is 0 Å². The molecule has 3 aromatic rings. The molecule has 0 fully saturated rings. The molecule has 0 aliphatic heterocycles. The molecule has 3 nitrogen and oxygen atoms in total. The Morgan fingerprint density at radius 3 is 2.72 bits per heavy atom. The molecule has 0 unspecified atom stereocenters. The normalized spacial score (nSPS) is 10.7. The highest BCUT2D eigenvalue weighted by Crippen LogP contribution is 2.30. The summed E-state index contributed by atoms with van der Waals surface area (Å²) in [4.78, 5) is 16.5. The predicted molar refractivity (Wildman–Crippen MR) is 72.0 cm³/mol. The second-order valence-electron chi connectivity index (χ2n) is 3.86. The zero-order valence-corrected chi connectivity index (χ0v) is 10.1. The molecule has 0 spiro atoms. The fourth-order valence-corrected chi connectivity index (χ4v) is 2.64.